The van der Waals surface area contributed by atoms with E-state index in [1.165, 1.54) is 21.3 Å². The summed E-state index contributed by atoms with van der Waals surface area (Å²) in [6.07, 6.45) is -0.289. The number of carbonyl (C=O) groups excluding carboxylic acids is 2. The summed E-state index contributed by atoms with van der Waals surface area (Å²) in [6.45, 7) is -0.0297. The van der Waals surface area contributed by atoms with Crippen LogP contribution in [0.2, 0.25) is 0 Å². The summed E-state index contributed by atoms with van der Waals surface area (Å²) in [5.41, 5.74) is 2.33. The molecule has 1 unspecified atom stereocenters. The van der Waals surface area contributed by atoms with Gasteiger partial charge in [0.1, 0.15) is 5.75 Å². The summed E-state index contributed by atoms with van der Waals surface area (Å²) >= 11 is 0. The Bertz CT molecular complexity index is 1580. The van der Waals surface area contributed by atoms with E-state index in [1.54, 1.807) is 42.5 Å². The Morgan fingerprint density at radius 1 is 0.805 bits per heavy atom. The lowest BCUT2D eigenvalue weighted by molar-refractivity contribution is -0.128. The quantitative estimate of drug-likeness (QED) is 0.311. The summed E-state index contributed by atoms with van der Waals surface area (Å²) < 4.78 is 34.5. The summed E-state index contributed by atoms with van der Waals surface area (Å²) in [4.78, 5) is 28.5. The highest BCUT2D eigenvalue weighted by Gasteiger charge is 2.36. The number of hydrogen-bond acceptors (Lipinski definition) is 5. The zero-order valence-corrected chi connectivity index (χ0v) is 23.2. The highest BCUT2D eigenvalue weighted by atomic mass is 32.2. The van der Waals surface area contributed by atoms with E-state index in [9.17, 15) is 18.0 Å². The van der Waals surface area contributed by atoms with Gasteiger partial charge < -0.3 is 15.0 Å². The summed E-state index contributed by atoms with van der Waals surface area (Å²) in [7, 11) is -4.00. The molecule has 2 amide bonds. The van der Waals surface area contributed by atoms with Crippen molar-refractivity contribution in [2.45, 2.75) is 24.0 Å². The number of anilines is 1. The lowest BCUT2D eigenvalue weighted by Gasteiger charge is -2.35. The molecule has 1 N–H and O–H groups in total. The van der Waals surface area contributed by atoms with E-state index in [2.05, 4.69) is 5.32 Å². The number of ether oxygens (including phenoxy) is 1. The van der Waals surface area contributed by atoms with E-state index in [1.807, 2.05) is 60.7 Å². The van der Waals surface area contributed by atoms with Gasteiger partial charge in [-0.05, 0) is 41.8 Å². The molecule has 1 aliphatic rings. The maximum Gasteiger partial charge on any atom is 0.262 e. The third kappa shape index (κ3) is 6.82. The molecule has 5 rings (SSSR count). The predicted molar refractivity (Wildman–Crippen MR) is 157 cm³/mol. The maximum absolute atomic E-state index is 13.8. The summed E-state index contributed by atoms with van der Waals surface area (Å²) in [5, 5.41) is 2.90. The Hall–Kier alpha value is -4.47. The fourth-order valence-corrected chi connectivity index (χ4v) is 6.08. The second kappa shape index (κ2) is 12.8. The average molecular weight is 570 g/mol. The number of benzene rings is 4. The van der Waals surface area contributed by atoms with Crippen molar-refractivity contribution in [1.82, 2.24) is 9.62 Å². The minimum absolute atomic E-state index is 0.0131. The number of para-hydroxylation sites is 2. The van der Waals surface area contributed by atoms with Crippen LogP contribution < -0.4 is 15.0 Å². The number of carbonyl (C=O) groups is 2. The van der Waals surface area contributed by atoms with Gasteiger partial charge in [-0.3, -0.25) is 9.59 Å². The van der Waals surface area contributed by atoms with Crippen LogP contribution in [0.25, 0.3) is 0 Å². The lowest BCUT2D eigenvalue weighted by Crippen LogP contribution is -2.53. The van der Waals surface area contributed by atoms with Gasteiger partial charge in [0.05, 0.1) is 23.7 Å². The van der Waals surface area contributed by atoms with Gasteiger partial charge in [-0.2, -0.15) is 4.31 Å². The molecule has 0 aliphatic carbocycles. The molecule has 1 aliphatic heterocycles. The Labute approximate surface area is 240 Å². The highest BCUT2D eigenvalue weighted by Crippen LogP contribution is 2.33. The van der Waals surface area contributed by atoms with E-state index >= 15 is 0 Å². The van der Waals surface area contributed by atoms with Crippen LogP contribution in [-0.2, 0) is 32.6 Å². The van der Waals surface area contributed by atoms with Crippen LogP contribution >= 0.6 is 0 Å². The van der Waals surface area contributed by atoms with Gasteiger partial charge in [-0.15, -0.1) is 0 Å². The first-order valence-electron chi connectivity index (χ1n) is 13.4. The minimum atomic E-state index is -4.00. The smallest absolute Gasteiger partial charge is 0.262 e. The highest BCUT2D eigenvalue weighted by molar-refractivity contribution is 7.89. The van der Waals surface area contributed by atoms with Crippen molar-refractivity contribution in [1.29, 1.82) is 0 Å². The van der Waals surface area contributed by atoms with Crippen LogP contribution in [0, 0.1) is 0 Å². The molecule has 41 heavy (non-hydrogen) atoms. The van der Waals surface area contributed by atoms with Gasteiger partial charge in [0.2, 0.25) is 15.9 Å². The number of hydrogen-bond donors (Lipinski definition) is 1. The molecule has 1 atom stereocenters. The second-order valence-electron chi connectivity index (χ2n) is 9.68. The van der Waals surface area contributed by atoms with Crippen molar-refractivity contribution in [3.8, 4) is 5.75 Å². The minimum Gasteiger partial charge on any atom is -0.477 e. The number of rotatable bonds is 10. The average Bonchev–Trinajstić information content (AvgIpc) is 3.01. The van der Waals surface area contributed by atoms with Crippen molar-refractivity contribution >= 4 is 27.5 Å². The number of amides is 2. The molecule has 0 saturated heterocycles. The molecule has 0 radical (unpaired) electrons. The van der Waals surface area contributed by atoms with Crippen LogP contribution in [0.15, 0.2) is 120 Å². The number of nitrogens with one attached hydrogen (secondary N) is 1. The van der Waals surface area contributed by atoms with Gasteiger partial charge in [-0.25, -0.2) is 8.42 Å². The normalized spacial score (nSPS) is 14.7. The van der Waals surface area contributed by atoms with E-state index in [4.69, 9.17) is 4.74 Å². The Kier molecular flexibility index (Phi) is 8.76. The molecule has 4 aromatic rings. The van der Waals surface area contributed by atoms with Crippen LogP contribution in [0.1, 0.15) is 11.1 Å². The van der Waals surface area contributed by atoms with Gasteiger partial charge in [0.25, 0.3) is 5.91 Å². The van der Waals surface area contributed by atoms with E-state index in [-0.39, 0.29) is 23.9 Å². The fraction of sp³-hybridized carbons (Fsp3) is 0.188. The first kappa shape index (κ1) is 28.1. The van der Waals surface area contributed by atoms with Crippen LogP contribution in [0.3, 0.4) is 0 Å². The summed E-state index contributed by atoms with van der Waals surface area (Å²) in [5.74, 6) is -0.416. The zero-order valence-electron chi connectivity index (χ0n) is 22.4. The largest absolute Gasteiger partial charge is 0.477 e. The van der Waals surface area contributed by atoms with E-state index in [0.717, 1.165) is 11.1 Å². The van der Waals surface area contributed by atoms with Gasteiger partial charge >= 0.3 is 0 Å². The first-order chi connectivity index (χ1) is 19.9. The zero-order chi connectivity index (χ0) is 28.7. The predicted octanol–water partition coefficient (Wildman–Crippen LogP) is 4.03. The fourth-order valence-electron chi connectivity index (χ4n) is 4.69. The summed E-state index contributed by atoms with van der Waals surface area (Å²) in [6, 6.07) is 33.9. The number of sulfonamides is 1. The van der Waals surface area contributed by atoms with E-state index in [0.29, 0.717) is 24.4 Å². The molecule has 9 heteroatoms. The SMILES string of the molecule is O=C(NCCc1ccccc1)C1CN(C(=O)CN(Cc2ccccc2)S(=O)(=O)c2ccccc2)c2ccccc2O1. The maximum atomic E-state index is 13.8. The van der Waals surface area contributed by atoms with Crippen molar-refractivity contribution in [3.63, 3.8) is 0 Å². The topological polar surface area (TPSA) is 96.0 Å². The van der Waals surface area contributed by atoms with E-state index < -0.39 is 28.6 Å². The molecule has 0 spiro atoms. The molecular weight excluding hydrogens is 538 g/mol. The van der Waals surface area contributed by atoms with Crippen molar-refractivity contribution in [2.24, 2.45) is 0 Å². The number of nitrogens with zero attached hydrogens (tertiary/aromatic N) is 2. The Morgan fingerprint density at radius 3 is 2.07 bits per heavy atom. The Morgan fingerprint density at radius 2 is 1.39 bits per heavy atom. The van der Waals surface area contributed by atoms with Crippen molar-refractivity contribution < 1.29 is 22.7 Å². The molecule has 0 saturated carbocycles. The molecule has 210 valence electrons. The molecule has 0 bridgehead atoms. The standard InChI is InChI=1S/C32H31N3O5S/c36-31(24-34(22-26-14-6-2-7-15-26)41(38,39)27-16-8-3-9-17-27)35-23-30(40-29-19-11-10-18-28(29)35)32(37)33-21-20-25-12-4-1-5-13-25/h1-19,30H,20-24H2,(H,33,37). The molecule has 0 aromatic heterocycles. The van der Waals surface area contributed by atoms with Crippen LogP contribution in [0.5, 0.6) is 5.75 Å². The van der Waals surface area contributed by atoms with Gasteiger partial charge in [0.15, 0.2) is 6.10 Å². The lowest BCUT2D eigenvalue weighted by atomic mass is 10.1. The number of fused-ring (bicyclic) bond motifs is 1. The van der Waals surface area contributed by atoms with Crippen LogP contribution in [0.4, 0.5) is 5.69 Å². The molecule has 8 nitrogen and oxygen atoms in total. The van der Waals surface area contributed by atoms with Crippen molar-refractivity contribution in [3.05, 3.63) is 126 Å². The Balaban J connectivity index is 1.36. The monoisotopic (exact) mass is 569 g/mol. The molecule has 4 aromatic carbocycles. The van der Waals surface area contributed by atoms with Crippen molar-refractivity contribution in [2.75, 3.05) is 24.5 Å². The molecule has 0 fully saturated rings. The third-order valence-electron chi connectivity index (χ3n) is 6.82. The first-order valence-corrected chi connectivity index (χ1v) is 14.8. The van der Waals surface area contributed by atoms with Crippen LogP contribution in [-0.4, -0.2) is 50.3 Å². The van der Waals surface area contributed by atoms with Gasteiger partial charge in [0, 0.05) is 13.1 Å². The third-order valence-corrected chi connectivity index (χ3v) is 8.62. The van der Waals surface area contributed by atoms with Gasteiger partial charge in [-0.1, -0.05) is 91.0 Å². The molecular formula is C32H31N3O5S. The second-order valence-corrected chi connectivity index (χ2v) is 11.6. The molecule has 1 heterocycles.